The molecule has 0 saturated carbocycles. The van der Waals surface area contributed by atoms with Crippen LogP contribution in [0.15, 0.2) is 23.2 Å². The van der Waals surface area contributed by atoms with E-state index < -0.39 is 33.1 Å². The first-order valence-electron chi connectivity index (χ1n) is 7.94. The molecule has 0 spiro atoms. The van der Waals surface area contributed by atoms with E-state index in [9.17, 15) is 26.4 Å². The van der Waals surface area contributed by atoms with Crippen LogP contribution in [0.1, 0.15) is 36.8 Å². The van der Waals surface area contributed by atoms with Crippen LogP contribution in [-0.2, 0) is 16.0 Å². The Bertz CT molecular complexity index is 949. The largest absolute Gasteiger partial charge is 0.435 e. The van der Waals surface area contributed by atoms with Crippen LogP contribution >= 0.6 is 0 Å². The standard InChI is InChI=1S/C16H19F3N4O3S/c1-9(2)7-21-15-13(10(3)24)14(16(17,18)19)22-23(15)12-6-5-11(8-20-12)27(4,25)26/h5-6,8-9,21H,7H2,1-4H3. The molecular formula is C16H19F3N4O3S. The van der Waals surface area contributed by atoms with E-state index >= 15 is 0 Å². The van der Waals surface area contributed by atoms with E-state index in [1.165, 1.54) is 12.1 Å². The highest BCUT2D eigenvalue weighted by molar-refractivity contribution is 7.90. The first kappa shape index (κ1) is 20.9. The van der Waals surface area contributed by atoms with E-state index in [4.69, 9.17) is 0 Å². The summed E-state index contributed by atoms with van der Waals surface area (Å²) in [5, 5.41) is 6.36. The lowest BCUT2D eigenvalue weighted by molar-refractivity contribution is -0.141. The fraction of sp³-hybridized carbons (Fsp3) is 0.438. The van der Waals surface area contributed by atoms with E-state index in [-0.39, 0.29) is 22.4 Å². The summed E-state index contributed by atoms with van der Waals surface area (Å²) in [7, 11) is -3.51. The smallest absolute Gasteiger partial charge is 0.369 e. The average molecular weight is 404 g/mol. The number of pyridine rings is 1. The molecule has 0 bridgehead atoms. The highest BCUT2D eigenvalue weighted by Crippen LogP contribution is 2.36. The number of nitrogens with zero attached hydrogens (tertiary/aromatic N) is 3. The van der Waals surface area contributed by atoms with Gasteiger partial charge in [0.2, 0.25) is 0 Å². The highest BCUT2D eigenvalue weighted by Gasteiger charge is 2.41. The average Bonchev–Trinajstić information content (AvgIpc) is 2.92. The van der Waals surface area contributed by atoms with E-state index in [0.717, 1.165) is 24.1 Å². The topological polar surface area (TPSA) is 94.0 Å². The number of hydrogen-bond donors (Lipinski definition) is 1. The second kappa shape index (κ2) is 7.29. The van der Waals surface area contributed by atoms with Crippen molar-refractivity contribution >= 4 is 21.4 Å². The summed E-state index contributed by atoms with van der Waals surface area (Å²) in [5.74, 6) is -0.898. The Hall–Kier alpha value is -2.43. The van der Waals surface area contributed by atoms with Gasteiger partial charge >= 0.3 is 6.18 Å². The molecule has 0 fully saturated rings. The number of halogens is 3. The summed E-state index contributed by atoms with van der Waals surface area (Å²) in [4.78, 5) is 15.7. The van der Waals surface area contributed by atoms with Gasteiger partial charge in [0.1, 0.15) is 5.82 Å². The lowest BCUT2D eigenvalue weighted by atomic mass is 10.1. The highest BCUT2D eigenvalue weighted by atomic mass is 32.2. The van der Waals surface area contributed by atoms with Crippen molar-refractivity contribution < 1.29 is 26.4 Å². The minimum absolute atomic E-state index is 0.0494. The number of hydrogen-bond acceptors (Lipinski definition) is 6. The molecular weight excluding hydrogens is 385 g/mol. The Morgan fingerprint density at radius 3 is 2.33 bits per heavy atom. The number of ketones is 1. The predicted octanol–water partition coefficient (Wildman–Crippen LogP) is 2.96. The zero-order chi connectivity index (χ0) is 20.6. The van der Waals surface area contributed by atoms with Crippen molar-refractivity contribution in [2.45, 2.75) is 31.8 Å². The second-order valence-electron chi connectivity index (χ2n) is 6.44. The lowest BCUT2D eigenvalue weighted by Crippen LogP contribution is -2.15. The maximum absolute atomic E-state index is 13.4. The molecule has 0 aromatic carbocycles. The van der Waals surface area contributed by atoms with E-state index in [2.05, 4.69) is 15.4 Å². The molecule has 2 heterocycles. The summed E-state index contributed by atoms with van der Waals surface area (Å²) in [6.45, 7) is 5.03. The fourth-order valence-corrected chi connectivity index (χ4v) is 2.86. The van der Waals surface area contributed by atoms with Crippen molar-refractivity contribution in [2.75, 3.05) is 18.1 Å². The van der Waals surface area contributed by atoms with Crippen LogP contribution in [0.4, 0.5) is 19.0 Å². The molecule has 0 saturated heterocycles. The van der Waals surface area contributed by atoms with Crippen LogP contribution in [-0.4, -0.2) is 41.8 Å². The van der Waals surface area contributed by atoms with Crippen molar-refractivity contribution in [1.29, 1.82) is 0 Å². The zero-order valence-electron chi connectivity index (χ0n) is 15.1. The van der Waals surface area contributed by atoms with Crippen LogP contribution in [0.25, 0.3) is 5.82 Å². The third kappa shape index (κ3) is 4.65. The van der Waals surface area contributed by atoms with Crippen LogP contribution in [0.3, 0.4) is 0 Å². The minimum atomic E-state index is -4.84. The Morgan fingerprint density at radius 2 is 1.93 bits per heavy atom. The van der Waals surface area contributed by atoms with Gasteiger partial charge in [0.05, 0.1) is 10.5 Å². The fourth-order valence-electron chi connectivity index (χ4n) is 2.30. The van der Waals surface area contributed by atoms with Gasteiger partial charge in [-0.05, 0) is 25.0 Å². The van der Waals surface area contributed by atoms with E-state index in [0.29, 0.717) is 6.54 Å². The normalized spacial score (nSPS) is 12.4. The van der Waals surface area contributed by atoms with Crippen LogP contribution in [0.5, 0.6) is 0 Å². The number of anilines is 1. The number of carbonyl (C=O) groups is 1. The molecule has 0 aliphatic carbocycles. The molecule has 0 atom stereocenters. The molecule has 2 rings (SSSR count). The van der Waals surface area contributed by atoms with E-state index in [1.807, 2.05) is 13.8 Å². The quantitative estimate of drug-likeness (QED) is 0.744. The van der Waals surface area contributed by atoms with Gasteiger partial charge in [-0.15, -0.1) is 0 Å². The number of alkyl halides is 3. The summed E-state index contributed by atoms with van der Waals surface area (Å²) in [6.07, 6.45) is -2.82. The molecule has 0 aliphatic rings. The number of nitrogens with one attached hydrogen (secondary N) is 1. The van der Waals surface area contributed by atoms with Gasteiger partial charge in [-0.2, -0.15) is 23.0 Å². The maximum Gasteiger partial charge on any atom is 0.435 e. The van der Waals surface area contributed by atoms with Gasteiger partial charge in [0.25, 0.3) is 0 Å². The van der Waals surface area contributed by atoms with Crippen molar-refractivity contribution in [3.63, 3.8) is 0 Å². The molecule has 0 aliphatic heterocycles. The number of rotatable bonds is 6. The SMILES string of the molecule is CC(=O)c1c(C(F)(F)F)nn(-c2ccc(S(C)(=O)=O)cn2)c1NCC(C)C. The zero-order valence-corrected chi connectivity index (χ0v) is 15.9. The first-order valence-corrected chi connectivity index (χ1v) is 9.83. The van der Waals surface area contributed by atoms with Gasteiger partial charge in [0, 0.05) is 19.0 Å². The number of aromatic nitrogens is 3. The molecule has 0 unspecified atom stereocenters. The molecule has 1 N–H and O–H groups in total. The van der Waals surface area contributed by atoms with Crippen molar-refractivity contribution in [3.05, 3.63) is 29.6 Å². The van der Waals surface area contributed by atoms with Gasteiger partial charge in [-0.25, -0.2) is 13.4 Å². The molecule has 27 heavy (non-hydrogen) atoms. The lowest BCUT2D eigenvalue weighted by Gasteiger charge is -2.12. The summed E-state index contributed by atoms with van der Waals surface area (Å²) in [5.41, 5.74) is -1.91. The molecule has 0 radical (unpaired) electrons. The van der Waals surface area contributed by atoms with Gasteiger partial charge < -0.3 is 5.32 Å². The predicted molar refractivity (Wildman–Crippen MR) is 92.8 cm³/mol. The molecule has 148 valence electrons. The Morgan fingerprint density at radius 1 is 1.30 bits per heavy atom. The van der Waals surface area contributed by atoms with Crippen molar-refractivity contribution in [1.82, 2.24) is 14.8 Å². The second-order valence-corrected chi connectivity index (χ2v) is 8.45. The van der Waals surface area contributed by atoms with Crippen LogP contribution in [0, 0.1) is 5.92 Å². The number of sulfone groups is 1. The van der Waals surface area contributed by atoms with Crippen LogP contribution < -0.4 is 5.32 Å². The molecule has 7 nitrogen and oxygen atoms in total. The monoisotopic (exact) mass is 404 g/mol. The summed E-state index contributed by atoms with van der Waals surface area (Å²) >= 11 is 0. The first-order chi connectivity index (χ1) is 12.3. The van der Waals surface area contributed by atoms with E-state index in [1.54, 1.807) is 0 Å². The molecule has 11 heteroatoms. The maximum atomic E-state index is 13.4. The van der Waals surface area contributed by atoms with Crippen molar-refractivity contribution in [3.8, 4) is 5.82 Å². The van der Waals surface area contributed by atoms with Crippen molar-refractivity contribution in [2.24, 2.45) is 5.92 Å². The van der Waals surface area contributed by atoms with Crippen LogP contribution in [0.2, 0.25) is 0 Å². The molecule has 2 aromatic rings. The molecule has 0 amide bonds. The molecule has 2 aromatic heterocycles. The third-order valence-electron chi connectivity index (χ3n) is 3.55. The van der Waals surface area contributed by atoms with Gasteiger partial charge in [-0.3, -0.25) is 4.79 Å². The minimum Gasteiger partial charge on any atom is -0.369 e. The van der Waals surface area contributed by atoms with Gasteiger partial charge in [-0.1, -0.05) is 13.8 Å². The van der Waals surface area contributed by atoms with Gasteiger partial charge in [0.15, 0.2) is 27.1 Å². The third-order valence-corrected chi connectivity index (χ3v) is 4.65. The summed E-state index contributed by atoms with van der Waals surface area (Å²) in [6, 6.07) is 2.44. The Balaban J connectivity index is 2.68. The summed E-state index contributed by atoms with van der Waals surface area (Å²) < 4.78 is 64.1. The Kier molecular flexibility index (Phi) is 5.64. The number of Topliss-reactive ketones (excluding diaryl/α,β-unsaturated/α-hetero) is 1. The number of carbonyl (C=O) groups excluding carboxylic acids is 1. The Labute approximate surface area is 154 Å².